The summed E-state index contributed by atoms with van der Waals surface area (Å²) in [5.41, 5.74) is 1.76. The second-order valence-corrected chi connectivity index (χ2v) is 7.70. The molecule has 0 aliphatic heterocycles. The molecule has 26 heavy (non-hydrogen) atoms. The minimum absolute atomic E-state index is 0.0671. The average molecular weight is 376 g/mol. The summed E-state index contributed by atoms with van der Waals surface area (Å²) in [6, 6.07) is 11.4. The van der Waals surface area contributed by atoms with E-state index in [-0.39, 0.29) is 10.5 Å². The molecule has 2 aromatic carbocycles. The van der Waals surface area contributed by atoms with Crippen molar-refractivity contribution in [3.63, 3.8) is 0 Å². The van der Waals surface area contributed by atoms with E-state index in [1.807, 2.05) is 19.9 Å². The number of aryl methyl sites for hydroxylation is 1. The van der Waals surface area contributed by atoms with Crippen LogP contribution in [0.1, 0.15) is 35.7 Å². The van der Waals surface area contributed by atoms with Crippen LogP contribution in [0, 0.1) is 6.92 Å². The number of anilines is 1. The fourth-order valence-corrected chi connectivity index (χ4v) is 3.50. The first kappa shape index (κ1) is 19.9. The van der Waals surface area contributed by atoms with Crippen LogP contribution in [0.5, 0.6) is 5.75 Å². The van der Waals surface area contributed by atoms with Gasteiger partial charge < -0.3 is 10.1 Å². The van der Waals surface area contributed by atoms with Crippen molar-refractivity contribution < 1.29 is 17.9 Å². The van der Waals surface area contributed by atoms with Crippen molar-refractivity contribution in [2.45, 2.75) is 31.6 Å². The molecule has 0 saturated heterocycles. The molecular formula is C19H24N2O4S. The van der Waals surface area contributed by atoms with E-state index in [9.17, 15) is 13.2 Å². The number of benzene rings is 2. The summed E-state index contributed by atoms with van der Waals surface area (Å²) in [5, 5.41) is 2.77. The Morgan fingerprint density at radius 3 is 2.62 bits per heavy atom. The Bertz CT molecular complexity index is 879. The smallest absolute Gasteiger partial charge is 0.255 e. The van der Waals surface area contributed by atoms with Gasteiger partial charge in [-0.05, 0) is 49.2 Å². The van der Waals surface area contributed by atoms with Crippen molar-refractivity contribution in [2.75, 3.05) is 19.0 Å². The number of hydrogen-bond acceptors (Lipinski definition) is 4. The number of amides is 1. The Hall–Kier alpha value is -2.38. The van der Waals surface area contributed by atoms with Crippen LogP contribution < -0.4 is 14.8 Å². The first-order valence-electron chi connectivity index (χ1n) is 8.43. The van der Waals surface area contributed by atoms with Crippen LogP contribution in [-0.2, 0) is 10.0 Å². The molecule has 0 bridgehead atoms. The normalized spacial score (nSPS) is 11.2. The van der Waals surface area contributed by atoms with Crippen molar-refractivity contribution in [1.29, 1.82) is 0 Å². The predicted octanol–water partition coefficient (Wildman–Crippen LogP) is 3.33. The number of carbonyl (C=O) groups is 1. The maximum absolute atomic E-state index is 12.6. The van der Waals surface area contributed by atoms with Crippen LogP contribution in [0.2, 0.25) is 0 Å². The fraction of sp³-hybridized carbons (Fsp3) is 0.316. The molecule has 0 aliphatic carbocycles. The molecule has 0 fully saturated rings. The lowest BCUT2D eigenvalue weighted by atomic mass is 10.1. The van der Waals surface area contributed by atoms with E-state index < -0.39 is 15.9 Å². The quantitative estimate of drug-likeness (QED) is 0.692. The van der Waals surface area contributed by atoms with E-state index in [2.05, 4.69) is 10.0 Å². The Labute approximate surface area is 154 Å². The topological polar surface area (TPSA) is 84.5 Å². The summed E-state index contributed by atoms with van der Waals surface area (Å²) in [6.45, 7) is 4.26. The van der Waals surface area contributed by atoms with Crippen molar-refractivity contribution in [3.05, 3.63) is 53.6 Å². The molecular weight excluding hydrogens is 352 g/mol. The third kappa shape index (κ3) is 5.06. The highest BCUT2D eigenvalue weighted by atomic mass is 32.2. The van der Waals surface area contributed by atoms with Gasteiger partial charge >= 0.3 is 0 Å². The minimum Gasteiger partial charge on any atom is -0.495 e. The molecule has 2 N–H and O–H groups in total. The van der Waals surface area contributed by atoms with E-state index >= 15 is 0 Å². The Morgan fingerprint density at radius 2 is 1.92 bits per heavy atom. The van der Waals surface area contributed by atoms with Gasteiger partial charge in [-0.25, -0.2) is 13.1 Å². The number of rotatable bonds is 8. The van der Waals surface area contributed by atoms with Crippen LogP contribution in [0.4, 0.5) is 5.69 Å². The van der Waals surface area contributed by atoms with Crippen molar-refractivity contribution >= 4 is 21.6 Å². The maximum atomic E-state index is 12.6. The molecule has 1 amide bonds. The molecule has 0 aromatic heterocycles. The standard InChI is InChI=1S/C19H24N2O4S/c1-4-5-11-20-26(23,24)16-8-6-7-15(13-16)19(22)21-17-12-14(2)9-10-18(17)25-3/h6-10,12-13,20H,4-5,11H2,1-3H3,(H,21,22). The molecule has 0 unspecified atom stereocenters. The first-order valence-corrected chi connectivity index (χ1v) is 9.91. The summed E-state index contributed by atoms with van der Waals surface area (Å²) in [5.74, 6) is 0.133. The third-order valence-electron chi connectivity index (χ3n) is 3.83. The van der Waals surface area contributed by atoms with E-state index in [1.54, 1.807) is 24.3 Å². The molecule has 0 heterocycles. The van der Waals surface area contributed by atoms with E-state index in [4.69, 9.17) is 4.74 Å². The van der Waals surface area contributed by atoms with Crippen molar-refractivity contribution in [3.8, 4) is 5.75 Å². The van der Waals surface area contributed by atoms with E-state index in [0.717, 1.165) is 18.4 Å². The van der Waals surface area contributed by atoms with Crippen LogP contribution in [0.3, 0.4) is 0 Å². The van der Waals surface area contributed by atoms with Gasteiger partial charge in [-0.15, -0.1) is 0 Å². The third-order valence-corrected chi connectivity index (χ3v) is 5.29. The van der Waals surface area contributed by atoms with Crippen LogP contribution in [0.15, 0.2) is 47.4 Å². The molecule has 2 aromatic rings. The van der Waals surface area contributed by atoms with Crippen molar-refractivity contribution in [1.82, 2.24) is 4.72 Å². The Morgan fingerprint density at radius 1 is 1.15 bits per heavy atom. The zero-order valence-electron chi connectivity index (χ0n) is 15.2. The molecule has 0 saturated carbocycles. The van der Waals surface area contributed by atoms with Gasteiger partial charge in [0.15, 0.2) is 0 Å². The summed E-state index contributed by atoms with van der Waals surface area (Å²) >= 11 is 0. The van der Waals surface area contributed by atoms with E-state index in [0.29, 0.717) is 18.0 Å². The lowest BCUT2D eigenvalue weighted by Crippen LogP contribution is -2.25. The molecule has 0 aliphatic rings. The summed E-state index contributed by atoms with van der Waals surface area (Å²) in [4.78, 5) is 12.6. The molecule has 6 nitrogen and oxygen atoms in total. The lowest BCUT2D eigenvalue weighted by molar-refractivity contribution is 0.102. The molecule has 140 valence electrons. The molecule has 7 heteroatoms. The SMILES string of the molecule is CCCCNS(=O)(=O)c1cccc(C(=O)Nc2cc(C)ccc2OC)c1. The Balaban J connectivity index is 2.22. The van der Waals surface area contributed by atoms with Gasteiger partial charge in [0.05, 0.1) is 17.7 Å². The van der Waals surface area contributed by atoms with Gasteiger partial charge in [0.25, 0.3) is 5.91 Å². The van der Waals surface area contributed by atoms with Gasteiger partial charge in [0.1, 0.15) is 5.75 Å². The van der Waals surface area contributed by atoms with Gasteiger partial charge in [-0.2, -0.15) is 0 Å². The minimum atomic E-state index is -3.64. The second-order valence-electron chi connectivity index (χ2n) is 5.94. The summed E-state index contributed by atoms with van der Waals surface area (Å²) in [7, 11) is -2.11. The number of sulfonamides is 1. The zero-order chi connectivity index (χ0) is 19.2. The van der Waals surface area contributed by atoms with Crippen LogP contribution in [-0.4, -0.2) is 28.0 Å². The Kier molecular flexibility index (Phi) is 6.76. The average Bonchev–Trinajstić information content (AvgIpc) is 2.62. The van der Waals surface area contributed by atoms with Gasteiger partial charge in [0.2, 0.25) is 10.0 Å². The highest BCUT2D eigenvalue weighted by molar-refractivity contribution is 7.89. The number of nitrogens with one attached hydrogen (secondary N) is 2. The number of unbranched alkanes of at least 4 members (excludes halogenated alkanes) is 1. The van der Waals surface area contributed by atoms with Gasteiger partial charge in [-0.3, -0.25) is 4.79 Å². The van der Waals surface area contributed by atoms with Gasteiger partial charge in [0, 0.05) is 12.1 Å². The molecule has 2 rings (SSSR count). The summed E-state index contributed by atoms with van der Waals surface area (Å²) < 4.78 is 32.4. The number of carbonyl (C=O) groups excluding carboxylic acids is 1. The lowest BCUT2D eigenvalue weighted by Gasteiger charge is -2.12. The predicted molar refractivity (Wildman–Crippen MR) is 102 cm³/mol. The number of methoxy groups -OCH3 is 1. The number of ether oxygens (including phenoxy) is 1. The van der Waals surface area contributed by atoms with Crippen LogP contribution >= 0.6 is 0 Å². The molecule has 0 radical (unpaired) electrons. The highest BCUT2D eigenvalue weighted by Crippen LogP contribution is 2.26. The monoisotopic (exact) mass is 376 g/mol. The van der Waals surface area contributed by atoms with Gasteiger partial charge in [-0.1, -0.05) is 25.5 Å². The molecule has 0 atom stereocenters. The second kappa shape index (κ2) is 8.82. The highest BCUT2D eigenvalue weighted by Gasteiger charge is 2.16. The number of hydrogen-bond donors (Lipinski definition) is 2. The maximum Gasteiger partial charge on any atom is 0.255 e. The zero-order valence-corrected chi connectivity index (χ0v) is 16.0. The van der Waals surface area contributed by atoms with Crippen LogP contribution in [0.25, 0.3) is 0 Å². The summed E-state index contributed by atoms with van der Waals surface area (Å²) in [6.07, 6.45) is 1.65. The fourth-order valence-electron chi connectivity index (χ4n) is 2.39. The van der Waals surface area contributed by atoms with E-state index in [1.165, 1.54) is 19.2 Å². The molecule has 0 spiro atoms. The first-order chi connectivity index (χ1) is 12.4. The van der Waals surface area contributed by atoms with Crippen molar-refractivity contribution in [2.24, 2.45) is 0 Å². The largest absolute Gasteiger partial charge is 0.495 e.